The number of rotatable bonds is 14. The predicted molar refractivity (Wildman–Crippen MR) is 161 cm³/mol. The van der Waals surface area contributed by atoms with Gasteiger partial charge in [0.05, 0.1) is 26.3 Å². The number of nitrogens with one attached hydrogen (secondary N) is 3. The number of unbranched alkanes of at least 4 members (excludes halogenated alkanes) is 1. The number of ether oxygens (including phenoxy) is 1. The van der Waals surface area contributed by atoms with Crippen LogP contribution >= 0.6 is 22.7 Å². The Morgan fingerprint density at radius 2 is 1.66 bits per heavy atom. The molecule has 1 atom stereocenters. The minimum Gasteiger partial charge on any atom is -0.465 e. The van der Waals surface area contributed by atoms with Gasteiger partial charge in [0.1, 0.15) is 6.04 Å². The summed E-state index contributed by atoms with van der Waals surface area (Å²) in [6.45, 7) is 4.56. The van der Waals surface area contributed by atoms with E-state index >= 15 is 0 Å². The molecule has 1 saturated heterocycles. The lowest BCUT2D eigenvalue weighted by Crippen LogP contribution is -2.50. The van der Waals surface area contributed by atoms with Gasteiger partial charge in [-0.3, -0.25) is 4.79 Å². The van der Waals surface area contributed by atoms with Crippen molar-refractivity contribution in [3.63, 3.8) is 0 Å². The van der Waals surface area contributed by atoms with E-state index in [0.29, 0.717) is 52.1 Å². The van der Waals surface area contributed by atoms with Crippen LogP contribution in [0.25, 0.3) is 0 Å². The lowest BCUT2D eigenvalue weighted by Gasteiger charge is -2.29. The zero-order valence-corrected chi connectivity index (χ0v) is 24.6. The van der Waals surface area contributed by atoms with Crippen molar-refractivity contribution in [2.75, 3.05) is 37.7 Å². The highest BCUT2D eigenvalue weighted by Crippen LogP contribution is 2.20. The zero-order chi connectivity index (χ0) is 28.9. The first-order valence-electron chi connectivity index (χ1n) is 13.7. The van der Waals surface area contributed by atoms with Crippen LogP contribution in [0, 0.1) is 0 Å². The normalized spacial score (nSPS) is 13.8. The molecule has 0 aliphatic carbocycles. The minimum absolute atomic E-state index is 0.164. The van der Waals surface area contributed by atoms with Gasteiger partial charge < -0.3 is 35.6 Å². The number of thiophene rings is 2. The maximum Gasteiger partial charge on any atom is 0.404 e. The molecule has 0 saturated carbocycles. The number of hydrogen-bond donors (Lipinski definition) is 4. The third-order valence-corrected chi connectivity index (χ3v) is 8.43. The fraction of sp³-hybridized carbons (Fsp3) is 0.414. The van der Waals surface area contributed by atoms with Crippen LogP contribution in [0.1, 0.15) is 34.6 Å². The van der Waals surface area contributed by atoms with Gasteiger partial charge >= 0.3 is 12.1 Å². The van der Waals surface area contributed by atoms with Gasteiger partial charge in [-0.25, -0.2) is 9.59 Å². The second-order valence-corrected chi connectivity index (χ2v) is 11.8. The number of morpholine rings is 1. The van der Waals surface area contributed by atoms with Crippen LogP contribution in [-0.4, -0.2) is 66.9 Å². The highest BCUT2D eigenvalue weighted by Gasteiger charge is 2.27. The van der Waals surface area contributed by atoms with Gasteiger partial charge in [0, 0.05) is 41.6 Å². The summed E-state index contributed by atoms with van der Waals surface area (Å²) in [6, 6.07) is 14.8. The molecule has 0 bridgehead atoms. The molecule has 0 spiro atoms. The van der Waals surface area contributed by atoms with Gasteiger partial charge in [-0.2, -0.15) is 0 Å². The molecule has 0 radical (unpaired) electrons. The molecule has 4 N–H and O–H groups in total. The van der Waals surface area contributed by atoms with Crippen LogP contribution < -0.4 is 20.9 Å². The second kappa shape index (κ2) is 16.0. The van der Waals surface area contributed by atoms with Gasteiger partial charge in [-0.1, -0.05) is 24.3 Å². The number of benzene rings is 1. The molecule has 12 heteroatoms. The summed E-state index contributed by atoms with van der Waals surface area (Å²) >= 11 is 3.17. The Labute approximate surface area is 248 Å². The molecule has 4 rings (SSSR count). The molecule has 1 fully saturated rings. The summed E-state index contributed by atoms with van der Waals surface area (Å²) < 4.78 is 5.45. The molecule has 2 aromatic heterocycles. The Morgan fingerprint density at radius 3 is 2.29 bits per heavy atom. The van der Waals surface area contributed by atoms with Crippen molar-refractivity contribution < 1.29 is 24.2 Å². The standard InChI is InChI=1S/C29H37N5O5S2/c35-27(34(20-24-8-4-16-40-24)21-25-9-5-17-41-25)26(10-1-2-11-30-29(37)38)32-28(36)31-19-22-6-3-7-23(18-22)33-12-14-39-15-13-33/h3-9,16-18,26,30H,1-2,10-15,19-21H2,(H,37,38)(H2,31,32,36)/t26-/m0/s1. The van der Waals surface area contributed by atoms with Gasteiger partial charge in [0.25, 0.3) is 0 Å². The number of carbonyl (C=O) groups is 3. The molecule has 1 aliphatic heterocycles. The van der Waals surface area contributed by atoms with Crippen LogP contribution in [0.5, 0.6) is 0 Å². The molecule has 10 nitrogen and oxygen atoms in total. The molecule has 220 valence electrons. The van der Waals surface area contributed by atoms with Crippen molar-refractivity contribution in [2.24, 2.45) is 0 Å². The molecule has 3 aromatic rings. The quantitative estimate of drug-likeness (QED) is 0.203. The van der Waals surface area contributed by atoms with Gasteiger partial charge in [0.15, 0.2) is 0 Å². The number of nitrogens with zero attached hydrogens (tertiary/aromatic N) is 2. The first kappa shape index (κ1) is 30.4. The Kier molecular flexibility index (Phi) is 11.8. The molecular formula is C29H37N5O5S2. The Morgan fingerprint density at radius 1 is 0.951 bits per heavy atom. The van der Waals surface area contributed by atoms with Crippen LogP contribution in [0.3, 0.4) is 0 Å². The molecule has 4 amide bonds. The van der Waals surface area contributed by atoms with E-state index in [-0.39, 0.29) is 12.5 Å². The van der Waals surface area contributed by atoms with E-state index in [1.54, 1.807) is 27.6 Å². The van der Waals surface area contributed by atoms with Gasteiger partial charge in [0.2, 0.25) is 5.91 Å². The fourth-order valence-corrected chi connectivity index (χ4v) is 6.05. The number of carboxylic acid groups (broad SMARTS) is 1. The highest BCUT2D eigenvalue weighted by atomic mass is 32.1. The number of hydrogen-bond acceptors (Lipinski definition) is 7. The Hall–Kier alpha value is -3.61. The third-order valence-electron chi connectivity index (χ3n) is 6.70. The SMILES string of the molecule is O=C(O)NCCCC[C@H](NC(=O)NCc1cccc(N2CCOCC2)c1)C(=O)N(Cc1cccs1)Cc1cccs1. The van der Waals surface area contributed by atoms with Crippen LogP contribution in [0.2, 0.25) is 0 Å². The molecule has 3 heterocycles. The summed E-state index contributed by atoms with van der Waals surface area (Å²) in [6.07, 6.45) is 0.449. The summed E-state index contributed by atoms with van der Waals surface area (Å²) in [4.78, 5) is 43.9. The third kappa shape index (κ3) is 10.1. The number of anilines is 1. The molecule has 41 heavy (non-hydrogen) atoms. The maximum absolute atomic E-state index is 13.9. The van der Waals surface area contributed by atoms with E-state index in [9.17, 15) is 14.4 Å². The van der Waals surface area contributed by atoms with E-state index in [1.807, 2.05) is 47.2 Å². The van der Waals surface area contributed by atoms with Crippen LogP contribution in [-0.2, 0) is 29.2 Å². The van der Waals surface area contributed by atoms with Crippen LogP contribution in [0.4, 0.5) is 15.3 Å². The summed E-state index contributed by atoms with van der Waals surface area (Å²) in [5, 5.41) is 21.0. The largest absolute Gasteiger partial charge is 0.465 e. The summed E-state index contributed by atoms with van der Waals surface area (Å²) in [5.74, 6) is -0.164. The molecule has 1 aromatic carbocycles. The van der Waals surface area contributed by atoms with E-state index in [0.717, 1.165) is 34.1 Å². The van der Waals surface area contributed by atoms with E-state index < -0.39 is 18.2 Å². The highest BCUT2D eigenvalue weighted by molar-refractivity contribution is 7.10. The van der Waals surface area contributed by atoms with E-state index in [4.69, 9.17) is 9.84 Å². The topological polar surface area (TPSA) is 123 Å². The first-order chi connectivity index (χ1) is 20.0. The molecular weight excluding hydrogens is 562 g/mol. The lowest BCUT2D eigenvalue weighted by molar-refractivity contribution is -0.134. The predicted octanol–water partition coefficient (Wildman–Crippen LogP) is 4.48. The molecule has 1 aliphatic rings. The summed E-state index contributed by atoms with van der Waals surface area (Å²) in [5.41, 5.74) is 2.05. The van der Waals surface area contributed by atoms with Crippen molar-refractivity contribution in [2.45, 2.75) is 44.9 Å². The zero-order valence-electron chi connectivity index (χ0n) is 22.9. The average Bonchev–Trinajstić information content (AvgIpc) is 3.70. The van der Waals surface area contributed by atoms with Crippen LogP contribution in [0.15, 0.2) is 59.3 Å². The lowest BCUT2D eigenvalue weighted by atomic mass is 10.1. The average molecular weight is 600 g/mol. The number of amides is 4. The van der Waals surface area contributed by atoms with Crippen molar-refractivity contribution >= 4 is 46.4 Å². The Balaban J connectivity index is 1.40. The number of carbonyl (C=O) groups excluding carboxylic acids is 2. The minimum atomic E-state index is -1.08. The van der Waals surface area contributed by atoms with Crippen molar-refractivity contribution in [3.05, 3.63) is 74.6 Å². The van der Waals surface area contributed by atoms with Gasteiger partial charge in [-0.05, 0) is 59.9 Å². The second-order valence-electron chi connectivity index (χ2n) is 9.73. The Bertz CT molecular complexity index is 1200. The molecule has 0 unspecified atom stereocenters. The van der Waals surface area contributed by atoms with Crippen molar-refractivity contribution in [1.82, 2.24) is 20.9 Å². The monoisotopic (exact) mass is 599 g/mol. The smallest absolute Gasteiger partial charge is 0.404 e. The van der Waals surface area contributed by atoms with E-state index in [1.165, 1.54) is 0 Å². The number of urea groups is 1. The maximum atomic E-state index is 13.9. The fourth-order valence-electron chi connectivity index (χ4n) is 4.62. The van der Waals surface area contributed by atoms with Gasteiger partial charge in [-0.15, -0.1) is 22.7 Å². The van der Waals surface area contributed by atoms with E-state index in [2.05, 4.69) is 33.0 Å². The summed E-state index contributed by atoms with van der Waals surface area (Å²) in [7, 11) is 0. The van der Waals surface area contributed by atoms with Crippen molar-refractivity contribution in [1.29, 1.82) is 0 Å². The van der Waals surface area contributed by atoms with Crippen molar-refractivity contribution in [3.8, 4) is 0 Å². The first-order valence-corrected chi connectivity index (χ1v) is 15.5.